The van der Waals surface area contributed by atoms with Crippen LogP contribution in [0.1, 0.15) is 207 Å². The predicted molar refractivity (Wildman–Crippen MR) is 227 cm³/mol. The minimum absolute atomic E-state index is 0.191. The van der Waals surface area contributed by atoms with Gasteiger partial charge in [0.05, 0.1) is 19.3 Å². The normalized spacial score (nSPS) is 12.0. The third kappa shape index (κ3) is 39.8. The number of nitrogens with one attached hydrogen (secondary N) is 1. The van der Waals surface area contributed by atoms with Gasteiger partial charge in [-0.3, -0.25) is 0 Å². The largest absolute Gasteiger partial charge is 0.448 e. The molecule has 0 aliphatic rings. The zero-order valence-electron chi connectivity index (χ0n) is 35.4. The van der Waals surface area contributed by atoms with E-state index in [-0.39, 0.29) is 12.1 Å². The van der Waals surface area contributed by atoms with E-state index in [9.17, 15) is 4.79 Å². The van der Waals surface area contributed by atoms with Gasteiger partial charge in [0.15, 0.2) is 0 Å². The molecule has 0 saturated heterocycles. The van der Waals surface area contributed by atoms with Crippen molar-refractivity contribution in [2.75, 3.05) is 52.7 Å². The second-order valence-corrected chi connectivity index (χ2v) is 15.0. The Balaban J connectivity index is 4.01. The Kier molecular flexibility index (Phi) is 42.9. The number of unbranched alkanes of at least 4 members (excludes halogenated alkanes) is 24. The first-order valence-corrected chi connectivity index (χ1v) is 22.8. The molecule has 6 nitrogen and oxygen atoms in total. The third-order valence-electron chi connectivity index (χ3n) is 10.1. The summed E-state index contributed by atoms with van der Waals surface area (Å²) in [5, 5.41) is 3.00. The first-order valence-electron chi connectivity index (χ1n) is 22.8. The average molecular weight is 735 g/mol. The van der Waals surface area contributed by atoms with Crippen molar-refractivity contribution in [3.8, 4) is 0 Å². The molecule has 1 amide bonds. The number of carbonyl (C=O) groups is 1. The molecular formula is C46H90N2O4. The summed E-state index contributed by atoms with van der Waals surface area (Å²) in [5.74, 6) is 0. The Hall–Kier alpha value is -1.37. The number of allylic oxidation sites excluding steroid dienone is 4. The number of nitrogens with zero attached hydrogens (tertiary/aromatic N) is 1. The van der Waals surface area contributed by atoms with Crippen LogP contribution in [0.15, 0.2) is 24.3 Å². The van der Waals surface area contributed by atoms with Crippen LogP contribution in [0.3, 0.4) is 0 Å². The van der Waals surface area contributed by atoms with Crippen LogP contribution in [0.4, 0.5) is 4.79 Å². The van der Waals surface area contributed by atoms with Crippen molar-refractivity contribution >= 4 is 6.09 Å². The van der Waals surface area contributed by atoms with Gasteiger partial charge < -0.3 is 24.4 Å². The summed E-state index contributed by atoms with van der Waals surface area (Å²) < 4.78 is 17.5. The number of rotatable bonds is 42. The fraction of sp³-hybridized carbons (Fsp3) is 0.891. The van der Waals surface area contributed by atoms with Gasteiger partial charge >= 0.3 is 6.09 Å². The standard InChI is InChI=1S/C46H90N2O4/c1-5-9-11-13-15-17-19-21-23-25-27-29-31-33-35-37-40-50-43-45(47-46(49)52-42-39-48(7-3)8-4)44-51-41-38-36-34-32-30-28-26-24-22-20-18-16-14-12-10-6-2/h21-24,45H,5-20,25-44H2,1-4H3,(H,47,49)/b23-21-,24-22-. The van der Waals surface area contributed by atoms with Gasteiger partial charge in [0, 0.05) is 19.8 Å². The number of likely N-dealkylation sites (N-methyl/N-ethyl adjacent to an activating group) is 1. The highest BCUT2D eigenvalue weighted by molar-refractivity contribution is 5.67. The highest BCUT2D eigenvalue weighted by Gasteiger charge is 2.14. The van der Waals surface area contributed by atoms with Crippen molar-refractivity contribution in [1.29, 1.82) is 0 Å². The van der Waals surface area contributed by atoms with E-state index in [2.05, 4.69) is 62.2 Å². The molecule has 308 valence electrons. The van der Waals surface area contributed by atoms with Crippen LogP contribution in [0.25, 0.3) is 0 Å². The van der Waals surface area contributed by atoms with Gasteiger partial charge in [-0.25, -0.2) is 4.79 Å². The summed E-state index contributed by atoms with van der Waals surface area (Å²) in [6.45, 7) is 14.3. The van der Waals surface area contributed by atoms with Crippen molar-refractivity contribution in [2.45, 2.75) is 214 Å². The molecular weight excluding hydrogens is 645 g/mol. The van der Waals surface area contributed by atoms with Crippen LogP contribution in [-0.4, -0.2) is 69.7 Å². The molecule has 0 radical (unpaired) electrons. The lowest BCUT2D eigenvalue weighted by atomic mass is 10.1. The highest BCUT2D eigenvalue weighted by atomic mass is 16.6. The maximum absolute atomic E-state index is 12.5. The van der Waals surface area contributed by atoms with Gasteiger partial charge in [-0.1, -0.05) is 168 Å². The summed E-state index contributed by atoms with van der Waals surface area (Å²) in [4.78, 5) is 14.8. The van der Waals surface area contributed by atoms with Crippen LogP contribution in [0.2, 0.25) is 0 Å². The number of carbonyl (C=O) groups excluding carboxylic acids is 1. The lowest BCUT2D eigenvalue weighted by Gasteiger charge is -2.20. The van der Waals surface area contributed by atoms with Crippen molar-refractivity contribution in [3.05, 3.63) is 24.3 Å². The fourth-order valence-electron chi connectivity index (χ4n) is 6.50. The summed E-state index contributed by atoms with van der Waals surface area (Å²) in [7, 11) is 0. The van der Waals surface area contributed by atoms with E-state index >= 15 is 0 Å². The minimum Gasteiger partial charge on any atom is -0.448 e. The van der Waals surface area contributed by atoms with Gasteiger partial charge in [-0.05, 0) is 77.3 Å². The average Bonchev–Trinajstić information content (AvgIpc) is 3.15. The second-order valence-electron chi connectivity index (χ2n) is 15.0. The fourth-order valence-corrected chi connectivity index (χ4v) is 6.50. The van der Waals surface area contributed by atoms with Gasteiger partial charge in [-0.15, -0.1) is 0 Å². The molecule has 0 aliphatic carbocycles. The summed E-state index contributed by atoms with van der Waals surface area (Å²) in [5.41, 5.74) is 0. The predicted octanol–water partition coefficient (Wildman–Crippen LogP) is 13.5. The molecule has 0 atom stereocenters. The number of ether oxygens (including phenoxy) is 3. The number of hydrogen-bond donors (Lipinski definition) is 1. The Labute approximate surface area is 325 Å². The van der Waals surface area contributed by atoms with E-state index in [1.165, 1.54) is 167 Å². The first-order chi connectivity index (χ1) is 25.7. The lowest BCUT2D eigenvalue weighted by Crippen LogP contribution is -2.42. The Morgan fingerprint density at radius 3 is 1.19 bits per heavy atom. The molecule has 0 aliphatic heterocycles. The molecule has 0 fully saturated rings. The molecule has 0 bridgehead atoms. The minimum atomic E-state index is -0.376. The van der Waals surface area contributed by atoms with Crippen molar-refractivity contribution in [1.82, 2.24) is 10.2 Å². The number of hydrogen-bond acceptors (Lipinski definition) is 5. The van der Waals surface area contributed by atoms with Gasteiger partial charge in [0.25, 0.3) is 0 Å². The molecule has 0 aromatic rings. The number of amides is 1. The molecule has 0 unspecified atom stereocenters. The zero-order chi connectivity index (χ0) is 37.8. The third-order valence-corrected chi connectivity index (χ3v) is 10.1. The number of alkyl carbamates (subject to hydrolysis) is 1. The SMILES string of the molecule is CCCCCCCC/C=C\CCCCCCCCOCC(COCCCCCCCC/C=C\CCCCCCCC)NC(=O)OCCN(CC)CC. The molecule has 1 N–H and O–H groups in total. The van der Waals surface area contributed by atoms with Gasteiger partial charge in [-0.2, -0.15) is 0 Å². The summed E-state index contributed by atoms with van der Waals surface area (Å²) in [6, 6.07) is -0.191. The smallest absolute Gasteiger partial charge is 0.407 e. The lowest BCUT2D eigenvalue weighted by molar-refractivity contribution is 0.0483. The van der Waals surface area contributed by atoms with Crippen molar-refractivity contribution < 1.29 is 19.0 Å². The Morgan fingerprint density at radius 1 is 0.481 bits per heavy atom. The molecule has 0 spiro atoms. The molecule has 6 heteroatoms. The van der Waals surface area contributed by atoms with E-state index in [1.54, 1.807) is 0 Å². The second kappa shape index (κ2) is 44.0. The van der Waals surface area contributed by atoms with Gasteiger partial charge in [0.2, 0.25) is 0 Å². The quantitative estimate of drug-likeness (QED) is 0.0500. The molecule has 0 heterocycles. The molecule has 0 aromatic heterocycles. The van der Waals surface area contributed by atoms with Gasteiger partial charge in [0.1, 0.15) is 6.61 Å². The summed E-state index contributed by atoms with van der Waals surface area (Å²) >= 11 is 0. The highest BCUT2D eigenvalue weighted by Crippen LogP contribution is 2.12. The van der Waals surface area contributed by atoms with E-state index in [1.807, 2.05) is 0 Å². The first kappa shape index (κ1) is 50.6. The van der Waals surface area contributed by atoms with Crippen LogP contribution >= 0.6 is 0 Å². The van der Waals surface area contributed by atoms with Crippen LogP contribution in [0, 0.1) is 0 Å². The summed E-state index contributed by atoms with van der Waals surface area (Å²) in [6.07, 6.45) is 45.7. The monoisotopic (exact) mass is 735 g/mol. The van der Waals surface area contributed by atoms with Crippen LogP contribution < -0.4 is 5.32 Å². The van der Waals surface area contributed by atoms with E-state index in [0.717, 1.165) is 45.7 Å². The van der Waals surface area contributed by atoms with E-state index in [0.29, 0.717) is 19.8 Å². The zero-order valence-corrected chi connectivity index (χ0v) is 35.4. The Morgan fingerprint density at radius 2 is 0.827 bits per heavy atom. The van der Waals surface area contributed by atoms with Crippen molar-refractivity contribution in [2.24, 2.45) is 0 Å². The van der Waals surface area contributed by atoms with Crippen LogP contribution in [-0.2, 0) is 14.2 Å². The molecule has 52 heavy (non-hydrogen) atoms. The Bertz CT molecular complexity index is 709. The molecule has 0 saturated carbocycles. The van der Waals surface area contributed by atoms with E-state index < -0.39 is 0 Å². The van der Waals surface area contributed by atoms with Crippen LogP contribution in [0.5, 0.6) is 0 Å². The van der Waals surface area contributed by atoms with Crippen molar-refractivity contribution in [3.63, 3.8) is 0 Å². The van der Waals surface area contributed by atoms with E-state index in [4.69, 9.17) is 14.2 Å². The molecule has 0 aromatic carbocycles. The maximum atomic E-state index is 12.5. The maximum Gasteiger partial charge on any atom is 0.407 e. The topological polar surface area (TPSA) is 60.0 Å². The molecule has 0 rings (SSSR count).